The van der Waals surface area contributed by atoms with E-state index in [1.54, 1.807) is 0 Å². The lowest BCUT2D eigenvalue weighted by Crippen LogP contribution is -2.42. The van der Waals surface area contributed by atoms with Crippen molar-refractivity contribution in [1.82, 2.24) is 15.0 Å². The molecule has 1 atom stereocenters. The van der Waals surface area contributed by atoms with E-state index in [0.29, 0.717) is 6.04 Å². The Morgan fingerprint density at radius 1 is 1.08 bits per heavy atom. The van der Waals surface area contributed by atoms with Gasteiger partial charge in [0.2, 0.25) is 0 Å². The van der Waals surface area contributed by atoms with Crippen LogP contribution in [0.25, 0.3) is 10.9 Å². The molecule has 0 saturated carbocycles. The van der Waals surface area contributed by atoms with Crippen LogP contribution in [0.5, 0.6) is 0 Å². The summed E-state index contributed by atoms with van der Waals surface area (Å²) in [7, 11) is 0. The number of nitrogens with zero attached hydrogens (tertiary/aromatic N) is 4. The molecule has 2 aromatic heterocycles. The molecular formula is C19H30N4O. The number of fused-ring (bicyclic) bond motifs is 2. The third-order valence-electron chi connectivity index (χ3n) is 4.11. The van der Waals surface area contributed by atoms with Gasteiger partial charge in [-0.05, 0) is 26.3 Å². The van der Waals surface area contributed by atoms with Gasteiger partial charge in [-0.3, -0.25) is 4.98 Å². The summed E-state index contributed by atoms with van der Waals surface area (Å²) in [5, 5.41) is 1.14. The van der Waals surface area contributed by atoms with Gasteiger partial charge in [0, 0.05) is 25.3 Å². The summed E-state index contributed by atoms with van der Waals surface area (Å²) in [5.41, 5.74) is 3.18. The highest BCUT2D eigenvalue weighted by Gasteiger charge is 2.31. The molecule has 4 rings (SSSR count). The monoisotopic (exact) mass is 330 g/mol. The van der Waals surface area contributed by atoms with E-state index >= 15 is 0 Å². The second-order valence-corrected chi connectivity index (χ2v) is 5.68. The minimum Gasteiger partial charge on any atom is -0.379 e. The number of aryl methyl sites for hydroxylation is 2. The summed E-state index contributed by atoms with van der Waals surface area (Å²) in [5.74, 6) is 1.88. The third kappa shape index (κ3) is 3.51. The standard InChI is InChI=1S/C15H18N4O.2C2H6/c1-9-6-12-14-13(16-9)7-11-8-20-5-3-4-19(11)15(14)18-10(2)17-12;2*1-2/h6,11H,3-5,7-8H2,1-2H3;2*1-2H3. The Morgan fingerprint density at radius 2 is 1.83 bits per heavy atom. The molecule has 4 heterocycles. The van der Waals surface area contributed by atoms with Crippen molar-refractivity contribution < 1.29 is 4.74 Å². The fourth-order valence-electron chi connectivity index (χ4n) is 3.31. The molecule has 24 heavy (non-hydrogen) atoms. The van der Waals surface area contributed by atoms with Crippen molar-refractivity contribution in [3.8, 4) is 0 Å². The molecule has 2 aliphatic rings. The smallest absolute Gasteiger partial charge is 0.142 e. The van der Waals surface area contributed by atoms with Gasteiger partial charge in [0.25, 0.3) is 0 Å². The van der Waals surface area contributed by atoms with Gasteiger partial charge in [0.1, 0.15) is 11.6 Å². The first-order chi connectivity index (χ1) is 11.7. The molecule has 0 aliphatic carbocycles. The molecule has 5 nitrogen and oxygen atoms in total. The van der Waals surface area contributed by atoms with E-state index < -0.39 is 0 Å². The number of aromatic nitrogens is 3. The van der Waals surface area contributed by atoms with E-state index in [-0.39, 0.29) is 0 Å². The van der Waals surface area contributed by atoms with Gasteiger partial charge in [-0.1, -0.05) is 27.7 Å². The Kier molecular flexibility index (Phi) is 6.49. The molecule has 0 N–H and O–H groups in total. The van der Waals surface area contributed by atoms with Crippen LogP contribution in [0, 0.1) is 13.8 Å². The number of rotatable bonds is 0. The van der Waals surface area contributed by atoms with Crippen molar-refractivity contribution in [3.63, 3.8) is 0 Å². The average molecular weight is 330 g/mol. The maximum Gasteiger partial charge on any atom is 0.142 e. The van der Waals surface area contributed by atoms with Gasteiger partial charge in [-0.25, -0.2) is 9.97 Å². The van der Waals surface area contributed by atoms with Crippen LogP contribution in [-0.2, 0) is 11.2 Å². The van der Waals surface area contributed by atoms with Crippen LogP contribution in [-0.4, -0.2) is 40.8 Å². The van der Waals surface area contributed by atoms with Crippen molar-refractivity contribution in [2.24, 2.45) is 0 Å². The second-order valence-electron chi connectivity index (χ2n) is 5.68. The Balaban J connectivity index is 0.000000487. The average Bonchev–Trinajstić information content (AvgIpc) is 2.83. The first-order valence-electron chi connectivity index (χ1n) is 9.21. The predicted molar refractivity (Wildman–Crippen MR) is 99.8 cm³/mol. The highest BCUT2D eigenvalue weighted by molar-refractivity contribution is 5.93. The summed E-state index contributed by atoms with van der Waals surface area (Å²) in [4.78, 5) is 16.4. The molecule has 5 heteroatoms. The quantitative estimate of drug-likeness (QED) is 0.734. The van der Waals surface area contributed by atoms with Crippen LogP contribution < -0.4 is 4.90 Å². The molecule has 0 amide bonds. The van der Waals surface area contributed by atoms with E-state index in [1.807, 2.05) is 41.5 Å². The summed E-state index contributed by atoms with van der Waals surface area (Å²) >= 11 is 0. The lowest BCUT2D eigenvalue weighted by molar-refractivity contribution is 0.133. The highest BCUT2D eigenvalue weighted by Crippen LogP contribution is 2.34. The van der Waals surface area contributed by atoms with Crippen LogP contribution in [0.2, 0.25) is 0 Å². The van der Waals surface area contributed by atoms with Crippen molar-refractivity contribution in [3.05, 3.63) is 23.3 Å². The van der Waals surface area contributed by atoms with Crippen molar-refractivity contribution >= 4 is 16.7 Å². The summed E-state index contributed by atoms with van der Waals surface area (Å²) in [6.45, 7) is 14.6. The van der Waals surface area contributed by atoms with E-state index in [0.717, 1.165) is 66.5 Å². The van der Waals surface area contributed by atoms with Crippen LogP contribution >= 0.6 is 0 Å². The maximum atomic E-state index is 5.72. The predicted octanol–water partition coefficient (Wildman–Crippen LogP) is 3.85. The topological polar surface area (TPSA) is 51.1 Å². The molecule has 0 radical (unpaired) electrons. The van der Waals surface area contributed by atoms with Crippen molar-refractivity contribution in [2.75, 3.05) is 24.7 Å². The molecule has 0 spiro atoms. The minimum absolute atomic E-state index is 0.358. The molecule has 0 bridgehead atoms. The SMILES string of the molecule is CC.CC.Cc1cc2nc(C)nc3c2c(n1)CC1COCCCN31. The molecule has 1 fully saturated rings. The Morgan fingerprint density at radius 3 is 2.58 bits per heavy atom. The first kappa shape index (κ1) is 18.6. The lowest BCUT2D eigenvalue weighted by atomic mass is 10.00. The van der Waals surface area contributed by atoms with Crippen LogP contribution in [0.1, 0.15) is 51.3 Å². The van der Waals surface area contributed by atoms with E-state index in [9.17, 15) is 0 Å². The Bertz CT molecular complexity index is 681. The molecule has 132 valence electrons. The van der Waals surface area contributed by atoms with E-state index in [1.165, 1.54) is 0 Å². The zero-order valence-electron chi connectivity index (χ0n) is 15.9. The van der Waals surface area contributed by atoms with Crippen molar-refractivity contribution in [2.45, 2.75) is 60.4 Å². The van der Waals surface area contributed by atoms with Crippen LogP contribution in [0.4, 0.5) is 5.82 Å². The summed E-state index contributed by atoms with van der Waals surface area (Å²) < 4.78 is 5.72. The molecule has 0 aromatic carbocycles. The fourth-order valence-corrected chi connectivity index (χ4v) is 3.31. The zero-order chi connectivity index (χ0) is 17.7. The summed E-state index contributed by atoms with van der Waals surface area (Å²) in [6, 6.07) is 2.42. The van der Waals surface area contributed by atoms with Gasteiger partial charge in [0.15, 0.2) is 0 Å². The van der Waals surface area contributed by atoms with Crippen molar-refractivity contribution in [1.29, 1.82) is 0 Å². The number of anilines is 1. The van der Waals surface area contributed by atoms with Gasteiger partial charge >= 0.3 is 0 Å². The molecule has 1 saturated heterocycles. The van der Waals surface area contributed by atoms with Crippen LogP contribution in [0.3, 0.4) is 0 Å². The molecule has 1 unspecified atom stereocenters. The lowest BCUT2D eigenvalue weighted by Gasteiger charge is -2.35. The normalized spacial score (nSPS) is 18.6. The van der Waals surface area contributed by atoms with E-state index in [4.69, 9.17) is 14.7 Å². The number of hydrogen-bond donors (Lipinski definition) is 0. The fraction of sp³-hybridized carbons (Fsp3) is 0.632. The molecule has 2 aromatic rings. The van der Waals surface area contributed by atoms with Gasteiger partial charge < -0.3 is 9.64 Å². The summed E-state index contributed by atoms with van der Waals surface area (Å²) in [6.07, 6.45) is 1.98. The minimum atomic E-state index is 0.358. The second kappa shape index (κ2) is 8.38. The maximum absolute atomic E-state index is 5.72. The van der Waals surface area contributed by atoms with Gasteiger partial charge in [0.05, 0.1) is 29.2 Å². The number of hydrogen-bond acceptors (Lipinski definition) is 5. The number of pyridine rings is 1. The van der Waals surface area contributed by atoms with Gasteiger partial charge in [-0.2, -0.15) is 0 Å². The van der Waals surface area contributed by atoms with Gasteiger partial charge in [-0.15, -0.1) is 0 Å². The molecular weight excluding hydrogens is 300 g/mol. The Hall–Kier alpha value is -1.75. The van der Waals surface area contributed by atoms with Crippen LogP contribution in [0.15, 0.2) is 6.07 Å². The largest absolute Gasteiger partial charge is 0.379 e. The van der Waals surface area contributed by atoms with E-state index in [2.05, 4.69) is 16.0 Å². The molecule has 2 aliphatic heterocycles. The Labute approximate surface area is 145 Å². The zero-order valence-corrected chi connectivity index (χ0v) is 15.9. The number of ether oxygens (including phenoxy) is 1. The third-order valence-corrected chi connectivity index (χ3v) is 4.11. The highest BCUT2D eigenvalue weighted by atomic mass is 16.5. The first-order valence-corrected chi connectivity index (χ1v) is 9.21.